The Hall–Kier alpha value is -2.38. The Balaban J connectivity index is 1.66. The molecule has 0 atom stereocenters. The van der Waals surface area contributed by atoms with Gasteiger partial charge < -0.3 is 5.32 Å². The van der Waals surface area contributed by atoms with E-state index >= 15 is 0 Å². The molecule has 0 unspecified atom stereocenters. The summed E-state index contributed by atoms with van der Waals surface area (Å²) in [5.41, 5.74) is 3.93. The maximum atomic E-state index is 12.1. The second-order valence-electron chi connectivity index (χ2n) is 5.49. The molecule has 0 radical (unpaired) electrons. The van der Waals surface area contributed by atoms with Gasteiger partial charge in [0.1, 0.15) is 0 Å². The average Bonchev–Trinajstić information content (AvgIpc) is 3.06. The zero-order valence-corrected chi connectivity index (χ0v) is 15.3. The Labute approximate surface area is 154 Å². The first-order chi connectivity index (χ1) is 12.0. The molecule has 0 fully saturated rings. The number of nitrogens with zero attached hydrogens (tertiary/aromatic N) is 4. The lowest BCUT2D eigenvalue weighted by molar-refractivity contribution is -0.113. The molecule has 8 heteroatoms. The highest BCUT2D eigenvalue weighted by atomic mass is 35.5. The number of aryl methyl sites for hydroxylation is 2. The van der Waals surface area contributed by atoms with Gasteiger partial charge >= 0.3 is 0 Å². The number of hydrogen-bond donors (Lipinski definition) is 1. The van der Waals surface area contributed by atoms with Gasteiger partial charge in [0.05, 0.1) is 11.4 Å². The lowest BCUT2D eigenvalue weighted by Crippen LogP contribution is -2.14. The quantitative estimate of drug-likeness (QED) is 0.691. The van der Waals surface area contributed by atoms with Crippen molar-refractivity contribution in [2.45, 2.75) is 19.0 Å². The van der Waals surface area contributed by atoms with Crippen molar-refractivity contribution in [3.63, 3.8) is 0 Å². The van der Waals surface area contributed by atoms with Crippen molar-refractivity contribution in [2.24, 2.45) is 0 Å². The van der Waals surface area contributed by atoms with Crippen LogP contribution in [0.5, 0.6) is 0 Å². The minimum atomic E-state index is -0.137. The zero-order valence-electron chi connectivity index (χ0n) is 13.7. The van der Waals surface area contributed by atoms with Gasteiger partial charge in [-0.15, -0.1) is 5.10 Å². The van der Waals surface area contributed by atoms with E-state index in [1.807, 2.05) is 25.1 Å². The van der Waals surface area contributed by atoms with Gasteiger partial charge in [-0.3, -0.25) is 4.79 Å². The van der Waals surface area contributed by atoms with Crippen LogP contribution in [0.1, 0.15) is 11.1 Å². The summed E-state index contributed by atoms with van der Waals surface area (Å²) in [5, 5.41) is 15.7. The zero-order chi connectivity index (χ0) is 17.8. The van der Waals surface area contributed by atoms with Gasteiger partial charge in [0.15, 0.2) is 0 Å². The van der Waals surface area contributed by atoms with E-state index in [0.717, 1.165) is 11.3 Å². The van der Waals surface area contributed by atoms with Crippen LogP contribution in [0, 0.1) is 13.8 Å². The summed E-state index contributed by atoms with van der Waals surface area (Å²) in [4.78, 5) is 12.1. The SMILES string of the molecule is Cc1ccc(-n2nnnc2SCC(=O)Nc2ccc(Cl)cc2)cc1C. The van der Waals surface area contributed by atoms with Crippen molar-refractivity contribution < 1.29 is 4.79 Å². The lowest BCUT2D eigenvalue weighted by Gasteiger charge is -2.07. The Bertz CT molecular complexity index is 894. The fourth-order valence-corrected chi connectivity index (χ4v) is 2.97. The average molecular weight is 374 g/mol. The topological polar surface area (TPSA) is 72.7 Å². The van der Waals surface area contributed by atoms with Crippen molar-refractivity contribution in [1.82, 2.24) is 20.2 Å². The van der Waals surface area contributed by atoms with Crippen molar-refractivity contribution in [3.8, 4) is 5.69 Å². The van der Waals surface area contributed by atoms with E-state index in [4.69, 9.17) is 11.6 Å². The minimum Gasteiger partial charge on any atom is -0.325 e. The molecule has 3 rings (SSSR count). The lowest BCUT2D eigenvalue weighted by atomic mass is 10.1. The van der Waals surface area contributed by atoms with E-state index in [1.54, 1.807) is 28.9 Å². The molecule has 1 amide bonds. The Morgan fingerprint density at radius 1 is 1.16 bits per heavy atom. The molecule has 2 aromatic carbocycles. The molecule has 3 aromatic rings. The van der Waals surface area contributed by atoms with Gasteiger partial charge in [-0.25, -0.2) is 0 Å². The van der Waals surface area contributed by atoms with Crippen molar-refractivity contribution in [2.75, 3.05) is 11.1 Å². The third-order valence-electron chi connectivity index (χ3n) is 3.64. The van der Waals surface area contributed by atoms with Crippen LogP contribution >= 0.6 is 23.4 Å². The number of benzene rings is 2. The number of amides is 1. The molecule has 0 spiro atoms. The second-order valence-corrected chi connectivity index (χ2v) is 6.86. The molecule has 25 heavy (non-hydrogen) atoms. The Morgan fingerprint density at radius 3 is 2.64 bits per heavy atom. The molecule has 0 aliphatic carbocycles. The summed E-state index contributed by atoms with van der Waals surface area (Å²) in [6, 6.07) is 13.0. The van der Waals surface area contributed by atoms with E-state index < -0.39 is 0 Å². The first-order valence-electron chi connectivity index (χ1n) is 7.57. The molecular weight excluding hydrogens is 358 g/mol. The summed E-state index contributed by atoms with van der Waals surface area (Å²) in [7, 11) is 0. The summed E-state index contributed by atoms with van der Waals surface area (Å²) in [6.07, 6.45) is 0. The van der Waals surface area contributed by atoms with Crippen LogP contribution in [0.15, 0.2) is 47.6 Å². The molecule has 0 saturated heterocycles. The maximum absolute atomic E-state index is 12.1. The van der Waals surface area contributed by atoms with E-state index in [1.165, 1.54) is 17.3 Å². The summed E-state index contributed by atoms with van der Waals surface area (Å²) >= 11 is 7.11. The normalized spacial score (nSPS) is 10.7. The Morgan fingerprint density at radius 2 is 1.92 bits per heavy atom. The highest BCUT2D eigenvalue weighted by molar-refractivity contribution is 7.99. The number of hydrogen-bond acceptors (Lipinski definition) is 5. The number of nitrogens with one attached hydrogen (secondary N) is 1. The monoisotopic (exact) mass is 373 g/mol. The minimum absolute atomic E-state index is 0.137. The molecule has 128 valence electrons. The molecule has 0 bridgehead atoms. The van der Waals surface area contributed by atoms with Crippen molar-refractivity contribution in [3.05, 3.63) is 58.6 Å². The molecule has 0 aliphatic heterocycles. The van der Waals surface area contributed by atoms with Crippen LogP contribution in [-0.2, 0) is 4.79 Å². The van der Waals surface area contributed by atoms with Crippen molar-refractivity contribution >= 4 is 35.0 Å². The first-order valence-corrected chi connectivity index (χ1v) is 8.93. The number of aromatic nitrogens is 4. The summed E-state index contributed by atoms with van der Waals surface area (Å²) in [5.74, 6) is 0.0652. The first kappa shape index (κ1) is 17.4. The predicted molar refractivity (Wildman–Crippen MR) is 99.4 cm³/mol. The number of anilines is 1. The summed E-state index contributed by atoms with van der Waals surface area (Å²) < 4.78 is 1.63. The number of tetrazole rings is 1. The number of rotatable bonds is 5. The van der Waals surface area contributed by atoms with E-state index in [9.17, 15) is 4.79 Å². The highest BCUT2D eigenvalue weighted by Crippen LogP contribution is 2.20. The van der Waals surface area contributed by atoms with Crippen LogP contribution in [-0.4, -0.2) is 31.9 Å². The van der Waals surface area contributed by atoms with E-state index in [2.05, 4.69) is 27.8 Å². The molecule has 6 nitrogen and oxygen atoms in total. The van der Waals surface area contributed by atoms with Crippen LogP contribution in [0.25, 0.3) is 5.69 Å². The number of halogens is 1. The van der Waals surface area contributed by atoms with E-state index in [-0.39, 0.29) is 11.7 Å². The molecule has 1 aromatic heterocycles. The fraction of sp³-hybridized carbons (Fsp3) is 0.176. The largest absolute Gasteiger partial charge is 0.325 e. The van der Waals surface area contributed by atoms with Gasteiger partial charge in [0, 0.05) is 10.7 Å². The molecule has 1 heterocycles. The Kier molecular flexibility index (Phi) is 5.35. The standard InChI is InChI=1S/C17H16ClN5OS/c1-11-3-8-15(9-12(11)2)23-17(20-21-22-23)25-10-16(24)19-14-6-4-13(18)5-7-14/h3-9H,10H2,1-2H3,(H,19,24). The highest BCUT2D eigenvalue weighted by Gasteiger charge is 2.12. The van der Waals surface area contributed by atoms with Crippen molar-refractivity contribution in [1.29, 1.82) is 0 Å². The van der Waals surface area contributed by atoms with Gasteiger partial charge in [-0.05, 0) is 71.8 Å². The summed E-state index contributed by atoms with van der Waals surface area (Å²) in [6.45, 7) is 4.09. The van der Waals surface area contributed by atoms with Crippen LogP contribution in [0.2, 0.25) is 5.02 Å². The van der Waals surface area contributed by atoms with Gasteiger partial charge in [0.25, 0.3) is 0 Å². The third kappa shape index (κ3) is 4.37. The van der Waals surface area contributed by atoms with Gasteiger partial charge in [0.2, 0.25) is 11.1 Å². The molecule has 0 aliphatic rings. The smallest absolute Gasteiger partial charge is 0.234 e. The predicted octanol–water partition coefficient (Wildman–Crippen LogP) is 3.66. The molecule has 1 N–H and O–H groups in total. The van der Waals surface area contributed by atoms with Gasteiger partial charge in [-0.1, -0.05) is 29.4 Å². The van der Waals surface area contributed by atoms with Crippen LogP contribution in [0.3, 0.4) is 0 Å². The second kappa shape index (κ2) is 7.67. The molecular formula is C17H16ClN5OS. The molecule has 0 saturated carbocycles. The third-order valence-corrected chi connectivity index (χ3v) is 4.81. The number of carbonyl (C=O) groups is 1. The van der Waals surface area contributed by atoms with Gasteiger partial charge in [-0.2, -0.15) is 4.68 Å². The van der Waals surface area contributed by atoms with E-state index in [0.29, 0.717) is 15.9 Å². The number of carbonyl (C=O) groups excluding carboxylic acids is 1. The van der Waals surface area contributed by atoms with Crippen LogP contribution in [0.4, 0.5) is 5.69 Å². The fourth-order valence-electron chi connectivity index (χ4n) is 2.15. The van der Waals surface area contributed by atoms with Crippen LogP contribution < -0.4 is 5.32 Å². The number of thioether (sulfide) groups is 1. The maximum Gasteiger partial charge on any atom is 0.234 e.